The number of nitrogens with two attached hydrogens (primary N) is 1. The SMILES string of the molecule is CC(C)[C@H](N)c1c(F)cc(Br)cc1F. The Morgan fingerprint density at radius 2 is 1.64 bits per heavy atom. The molecular weight excluding hydrogens is 252 g/mol. The number of hydrogen-bond donors (Lipinski definition) is 1. The van der Waals surface area contributed by atoms with Crippen molar-refractivity contribution in [1.29, 1.82) is 0 Å². The molecule has 2 N–H and O–H groups in total. The van der Waals surface area contributed by atoms with Crippen LogP contribution in [0.2, 0.25) is 0 Å². The van der Waals surface area contributed by atoms with E-state index in [-0.39, 0.29) is 11.5 Å². The van der Waals surface area contributed by atoms with Gasteiger partial charge in [0.1, 0.15) is 11.6 Å². The van der Waals surface area contributed by atoms with Crippen LogP contribution in [0.15, 0.2) is 16.6 Å². The first kappa shape index (κ1) is 11.6. The Hall–Kier alpha value is -0.480. The Kier molecular flexibility index (Phi) is 3.61. The van der Waals surface area contributed by atoms with Gasteiger partial charge in [-0.15, -0.1) is 0 Å². The molecule has 1 rings (SSSR count). The molecular formula is C10H12BrF2N. The van der Waals surface area contributed by atoms with Crippen LogP contribution in [0.5, 0.6) is 0 Å². The van der Waals surface area contributed by atoms with Crippen molar-refractivity contribution in [3.05, 3.63) is 33.8 Å². The predicted molar refractivity (Wildman–Crippen MR) is 55.8 cm³/mol. The quantitative estimate of drug-likeness (QED) is 0.870. The molecule has 0 fully saturated rings. The van der Waals surface area contributed by atoms with E-state index < -0.39 is 17.7 Å². The minimum atomic E-state index is -0.608. The fourth-order valence-corrected chi connectivity index (χ4v) is 1.61. The van der Waals surface area contributed by atoms with Crippen molar-refractivity contribution in [2.75, 3.05) is 0 Å². The summed E-state index contributed by atoms with van der Waals surface area (Å²) in [6.45, 7) is 3.65. The molecule has 0 saturated carbocycles. The van der Waals surface area contributed by atoms with Crippen molar-refractivity contribution in [2.24, 2.45) is 11.7 Å². The van der Waals surface area contributed by atoms with Crippen molar-refractivity contribution in [2.45, 2.75) is 19.9 Å². The van der Waals surface area contributed by atoms with Gasteiger partial charge >= 0.3 is 0 Å². The van der Waals surface area contributed by atoms with Crippen molar-refractivity contribution in [1.82, 2.24) is 0 Å². The molecule has 0 heterocycles. The van der Waals surface area contributed by atoms with Gasteiger partial charge in [-0.1, -0.05) is 29.8 Å². The lowest BCUT2D eigenvalue weighted by Crippen LogP contribution is -2.19. The Morgan fingerprint density at radius 1 is 1.21 bits per heavy atom. The van der Waals surface area contributed by atoms with Crippen molar-refractivity contribution in [3.63, 3.8) is 0 Å². The third kappa shape index (κ3) is 2.30. The van der Waals surface area contributed by atoms with Crippen LogP contribution < -0.4 is 5.73 Å². The van der Waals surface area contributed by atoms with E-state index in [0.717, 1.165) is 0 Å². The highest BCUT2D eigenvalue weighted by Crippen LogP contribution is 2.27. The Labute approximate surface area is 90.4 Å². The van der Waals surface area contributed by atoms with Gasteiger partial charge in [0.2, 0.25) is 0 Å². The Balaban J connectivity index is 3.20. The highest BCUT2D eigenvalue weighted by molar-refractivity contribution is 9.10. The smallest absolute Gasteiger partial charge is 0.132 e. The maximum absolute atomic E-state index is 13.4. The standard InChI is InChI=1S/C10H12BrF2N/c1-5(2)10(14)9-7(12)3-6(11)4-8(9)13/h3-5,10H,14H2,1-2H3/t10-/m0/s1. The van der Waals surface area contributed by atoms with Crippen LogP contribution in [-0.4, -0.2) is 0 Å². The molecule has 0 aromatic heterocycles. The number of benzene rings is 1. The number of halogens is 3. The first-order valence-electron chi connectivity index (χ1n) is 4.33. The highest BCUT2D eigenvalue weighted by atomic mass is 79.9. The van der Waals surface area contributed by atoms with Crippen LogP contribution in [0.3, 0.4) is 0 Å². The van der Waals surface area contributed by atoms with E-state index in [9.17, 15) is 8.78 Å². The first-order valence-corrected chi connectivity index (χ1v) is 5.12. The molecule has 0 aliphatic carbocycles. The van der Waals surface area contributed by atoms with Gasteiger partial charge in [0.05, 0.1) is 0 Å². The topological polar surface area (TPSA) is 26.0 Å². The van der Waals surface area contributed by atoms with Crippen LogP contribution in [0.1, 0.15) is 25.5 Å². The summed E-state index contributed by atoms with van der Waals surface area (Å²) in [6, 6.07) is 1.84. The normalized spacial score (nSPS) is 13.4. The third-order valence-electron chi connectivity index (χ3n) is 2.10. The summed E-state index contributed by atoms with van der Waals surface area (Å²) < 4.78 is 27.1. The van der Waals surface area contributed by atoms with Crippen molar-refractivity contribution >= 4 is 15.9 Å². The summed E-state index contributed by atoms with van der Waals surface area (Å²) in [5, 5.41) is 0. The van der Waals surface area contributed by atoms with Crippen LogP contribution in [0.25, 0.3) is 0 Å². The van der Waals surface area contributed by atoms with E-state index >= 15 is 0 Å². The van der Waals surface area contributed by atoms with E-state index in [4.69, 9.17) is 5.73 Å². The average molecular weight is 264 g/mol. The molecule has 4 heteroatoms. The monoisotopic (exact) mass is 263 g/mol. The van der Waals surface area contributed by atoms with E-state index in [1.54, 1.807) is 0 Å². The molecule has 14 heavy (non-hydrogen) atoms. The minimum absolute atomic E-state index is 0.000163. The van der Waals surface area contributed by atoms with Crippen LogP contribution in [0.4, 0.5) is 8.78 Å². The largest absolute Gasteiger partial charge is 0.324 e. The van der Waals surface area contributed by atoms with Gasteiger partial charge in [0.15, 0.2) is 0 Å². The van der Waals surface area contributed by atoms with Crippen LogP contribution in [-0.2, 0) is 0 Å². The molecule has 0 bridgehead atoms. The lowest BCUT2D eigenvalue weighted by Gasteiger charge is -2.17. The van der Waals surface area contributed by atoms with Gasteiger partial charge in [-0.3, -0.25) is 0 Å². The van der Waals surface area contributed by atoms with Gasteiger partial charge in [-0.25, -0.2) is 8.78 Å². The minimum Gasteiger partial charge on any atom is -0.324 e. The molecule has 78 valence electrons. The van der Waals surface area contributed by atoms with Gasteiger partial charge in [-0.05, 0) is 18.1 Å². The molecule has 0 aliphatic rings. The maximum atomic E-state index is 13.4. The molecule has 0 amide bonds. The third-order valence-corrected chi connectivity index (χ3v) is 2.55. The molecule has 0 saturated heterocycles. The molecule has 1 atom stereocenters. The summed E-state index contributed by atoms with van der Waals surface area (Å²) in [5.74, 6) is -1.20. The lowest BCUT2D eigenvalue weighted by atomic mass is 9.96. The fraction of sp³-hybridized carbons (Fsp3) is 0.400. The Bertz CT molecular complexity index is 316. The molecule has 1 aromatic rings. The zero-order valence-electron chi connectivity index (χ0n) is 8.02. The number of rotatable bonds is 2. The summed E-state index contributed by atoms with van der Waals surface area (Å²) in [7, 11) is 0. The van der Waals surface area contributed by atoms with Gasteiger partial charge in [0, 0.05) is 16.1 Å². The highest BCUT2D eigenvalue weighted by Gasteiger charge is 2.19. The summed E-state index contributed by atoms with van der Waals surface area (Å²) in [6.07, 6.45) is 0. The molecule has 0 spiro atoms. The van der Waals surface area contributed by atoms with Gasteiger partial charge < -0.3 is 5.73 Å². The first-order chi connectivity index (χ1) is 6.43. The van der Waals surface area contributed by atoms with Gasteiger partial charge in [0.25, 0.3) is 0 Å². The van der Waals surface area contributed by atoms with Crippen molar-refractivity contribution in [3.8, 4) is 0 Å². The van der Waals surface area contributed by atoms with E-state index in [2.05, 4.69) is 15.9 Å². The molecule has 1 nitrogen and oxygen atoms in total. The zero-order chi connectivity index (χ0) is 10.9. The Morgan fingerprint density at radius 3 is 2.00 bits per heavy atom. The average Bonchev–Trinajstić information content (AvgIpc) is 2.01. The zero-order valence-corrected chi connectivity index (χ0v) is 9.61. The fourth-order valence-electron chi connectivity index (χ4n) is 1.21. The van der Waals surface area contributed by atoms with E-state index in [1.807, 2.05) is 13.8 Å². The van der Waals surface area contributed by atoms with E-state index in [0.29, 0.717) is 4.47 Å². The summed E-state index contributed by atoms with van der Waals surface area (Å²) >= 11 is 3.01. The second-order valence-corrected chi connectivity index (χ2v) is 4.47. The predicted octanol–water partition coefficient (Wildman–Crippen LogP) is 3.38. The van der Waals surface area contributed by atoms with Gasteiger partial charge in [-0.2, -0.15) is 0 Å². The second-order valence-electron chi connectivity index (χ2n) is 3.55. The van der Waals surface area contributed by atoms with Crippen LogP contribution >= 0.6 is 15.9 Å². The summed E-state index contributed by atoms with van der Waals surface area (Å²) in [4.78, 5) is 0. The van der Waals surface area contributed by atoms with Crippen molar-refractivity contribution < 1.29 is 8.78 Å². The lowest BCUT2D eigenvalue weighted by molar-refractivity contribution is 0.454. The summed E-state index contributed by atoms with van der Waals surface area (Å²) in [5.41, 5.74) is 5.66. The maximum Gasteiger partial charge on any atom is 0.132 e. The number of hydrogen-bond acceptors (Lipinski definition) is 1. The molecule has 1 aromatic carbocycles. The molecule has 0 radical (unpaired) electrons. The molecule has 0 aliphatic heterocycles. The van der Waals surface area contributed by atoms with Crippen LogP contribution in [0, 0.1) is 17.6 Å². The second kappa shape index (κ2) is 4.36. The molecule has 0 unspecified atom stereocenters. The van der Waals surface area contributed by atoms with E-state index in [1.165, 1.54) is 12.1 Å².